The van der Waals surface area contributed by atoms with E-state index in [1.807, 2.05) is 12.1 Å². The number of hydrogen-bond donors (Lipinski definition) is 2. The van der Waals surface area contributed by atoms with E-state index in [1.165, 1.54) is 47.1 Å². The van der Waals surface area contributed by atoms with Gasteiger partial charge in [0, 0.05) is 4.88 Å². The Bertz CT molecular complexity index is 1090. The molecule has 0 radical (unpaired) electrons. The van der Waals surface area contributed by atoms with Crippen LogP contribution in [0, 0.1) is 0 Å². The molecule has 1 aliphatic carbocycles. The fourth-order valence-corrected chi connectivity index (χ4v) is 6.31. The average Bonchev–Trinajstić information content (AvgIpc) is 3.30. The fraction of sp³-hybridized carbons (Fsp3) is 0.263. The van der Waals surface area contributed by atoms with Gasteiger partial charge in [-0.2, -0.15) is 0 Å². The number of carbonyl (C=O) groups excluding carboxylic acids is 2. The highest BCUT2D eigenvalue weighted by molar-refractivity contribution is 8.02. The Labute approximate surface area is 179 Å². The Kier molecular flexibility index (Phi) is 5.57. The normalized spacial score (nSPS) is 13.3. The summed E-state index contributed by atoms with van der Waals surface area (Å²) in [5.41, 5.74) is 9.34. The van der Waals surface area contributed by atoms with Crippen molar-refractivity contribution in [1.29, 1.82) is 0 Å². The number of benzene rings is 1. The molecule has 1 amide bonds. The van der Waals surface area contributed by atoms with E-state index in [0.717, 1.165) is 28.8 Å². The van der Waals surface area contributed by atoms with E-state index in [9.17, 15) is 9.59 Å². The molecule has 10 heteroatoms. The summed E-state index contributed by atoms with van der Waals surface area (Å²) in [6, 6.07) is 8.14. The largest absolute Gasteiger partial charge is 0.465 e. The molecular weight excluding hydrogens is 428 g/mol. The SMILES string of the molecule is COC(=O)c1c(NC(=O)C(C)Sc2nnc(N)s2)sc2c1CCc1ccccc1-2. The Balaban J connectivity index is 1.64. The van der Waals surface area contributed by atoms with Crippen molar-refractivity contribution in [3.8, 4) is 10.4 Å². The van der Waals surface area contributed by atoms with Crippen LogP contribution in [0.25, 0.3) is 10.4 Å². The van der Waals surface area contributed by atoms with Gasteiger partial charge in [-0.05, 0) is 36.5 Å². The summed E-state index contributed by atoms with van der Waals surface area (Å²) in [4.78, 5) is 26.3. The number of thiophene rings is 1. The van der Waals surface area contributed by atoms with E-state index >= 15 is 0 Å². The minimum atomic E-state index is -0.436. The Morgan fingerprint density at radius 3 is 2.76 bits per heavy atom. The van der Waals surface area contributed by atoms with Gasteiger partial charge in [-0.3, -0.25) is 4.79 Å². The predicted molar refractivity (Wildman–Crippen MR) is 117 cm³/mol. The number of fused-ring (bicyclic) bond motifs is 3. The zero-order valence-electron chi connectivity index (χ0n) is 15.7. The second-order valence-electron chi connectivity index (χ2n) is 6.42. The van der Waals surface area contributed by atoms with Crippen molar-refractivity contribution in [3.63, 3.8) is 0 Å². The molecule has 2 heterocycles. The number of ether oxygens (including phenoxy) is 1. The van der Waals surface area contributed by atoms with Crippen LogP contribution in [0.4, 0.5) is 10.1 Å². The van der Waals surface area contributed by atoms with Crippen molar-refractivity contribution in [2.75, 3.05) is 18.2 Å². The number of nitrogens with two attached hydrogens (primary N) is 1. The highest BCUT2D eigenvalue weighted by Crippen LogP contribution is 2.45. The van der Waals surface area contributed by atoms with E-state index in [4.69, 9.17) is 10.5 Å². The lowest BCUT2D eigenvalue weighted by Gasteiger charge is -2.16. The molecule has 0 bridgehead atoms. The third-order valence-corrected chi connectivity index (χ3v) is 7.73. The van der Waals surface area contributed by atoms with Crippen molar-refractivity contribution in [2.24, 2.45) is 0 Å². The molecule has 2 aromatic heterocycles. The van der Waals surface area contributed by atoms with Crippen LogP contribution < -0.4 is 11.1 Å². The first-order valence-electron chi connectivity index (χ1n) is 8.86. The van der Waals surface area contributed by atoms with E-state index in [0.29, 0.717) is 20.0 Å². The van der Waals surface area contributed by atoms with Gasteiger partial charge in [0.25, 0.3) is 0 Å². The molecule has 0 saturated carbocycles. The maximum absolute atomic E-state index is 12.8. The van der Waals surface area contributed by atoms with Gasteiger partial charge in [-0.25, -0.2) is 4.79 Å². The number of amides is 1. The highest BCUT2D eigenvalue weighted by Gasteiger charge is 2.30. The smallest absolute Gasteiger partial charge is 0.341 e. The van der Waals surface area contributed by atoms with Crippen molar-refractivity contribution in [1.82, 2.24) is 10.2 Å². The molecule has 150 valence electrons. The van der Waals surface area contributed by atoms with Gasteiger partial charge in [-0.1, -0.05) is 47.4 Å². The number of thioether (sulfide) groups is 1. The summed E-state index contributed by atoms with van der Waals surface area (Å²) in [5.74, 6) is -0.657. The first-order valence-corrected chi connectivity index (χ1v) is 11.4. The van der Waals surface area contributed by atoms with Gasteiger partial charge in [-0.15, -0.1) is 21.5 Å². The molecule has 1 atom stereocenters. The number of esters is 1. The van der Waals surface area contributed by atoms with Crippen molar-refractivity contribution < 1.29 is 14.3 Å². The Hall–Kier alpha value is -2.43. The summed E-state index contributed by atoms with van der Waals surface area (Å²) in [5, 5.41) is 11.1. The van der Waals surface area contributed by atoms with E-state index in [-0.39, 0.29) is 5.91 Å². The van der Waals surface area contributed by atoms with Crippen LogP contribution in [0.5, 0.6) is 0 Å². The first kappa shape index (κ1) is 19.9. The van der Waals surface area contributed by atoms with Crippen molar-refractivity contribution >= 4 is 56.4 Å². The topological polar surface area (TPSA) is 107 Å². The highest BCUT2D eigenvalue weighted by atomic mass is 32.2. The molecule has 7 nitrogen and oxygen atoms in total. The molecule has 0 saturated heterocycles. The minimum Gasteiger partial charge on any atom is -0.465 e. The molecule has 0 fully saturated rings. The predicted octanol–water partition coefficient (Wildman–Crippen LogP) is 3.85. The van der Waals surface area contributed by atoms with Crippen LogP contribution in [-0.4, -0.2) is 34.4 Å². The van der Waals surface area contributed by atoms with Gasteiger partial charge in [0.15, 0.2) is 4.34 Å². The van der Waals surface area contributed by atoms with Crippen LogP contribution in [0.15, 0.2) is 28.6 Å². The van der Waals surface area contributed by atoms with Crippen LogP contribution in [0.3, 0.4) is 0 Å². The molecule has 29 heavy (non-hydrogen) atoms. The zero-order chi connectivity index (χ0) is 20.5. The van der Waals surface area contributed by atoms with Crippen molar-refractivity contribution in [3.05, 3.63) is 41.0 Å². The van der Waals surface area contributed by atoms with E-state index in [1.54, 1.807) is 6.92 Å². The van der Waals surface area contributed by atoms with E-state index < -0.39 is 11.2 Å². The van der Waals surface area contributed by atoms with Crippen LogP contribution >= 0.6 is 34.4 Å². The van der Waals surface area contributed by atoms with Gasteiger partial charge < -0.3 is 15.8 Å². The lowest BCUT2D eigenvalue weighted by Crippen LogP contribution is -2.23. The summed E-state index contributed by atoms with van der Waals surface area (Å²) >= 11 is 3.93. The van der Waals surface area contributed by atoms with Gasteiger partial charge in [0.05, 0.1) is 17.9 Å². The number of rotatable bonds is 5. The maximum Gasteiger partial charge on any atom is 0.341 e. The number of nitrogens with zero attached hydrogens (tertiary/aromatic N) is 2. The van der Waals surface area contributed by atoms with E-state index in [2.05, 4.69) is 27.6 Å². The molecule has 3 N–H and O–H groups in total. The molecule has 0 aliphatic heterocycles. The van der Waals surface area contributed by atoms with Crippen LogP contribution in [-0.2, 0) is 22.4 Å². The van der Waals surface area contributed by atoms with Gasteiger partial charge in [0.2, 0.25) is 11.0 Å². The third-order valence-electron chi connectivity index (χ3n) is 4.61. The molecule has 1 aliphatic rings. The number of nitrogen functional groups attached to an aromatic ring is 1. The monoisotopic (exact) mass is 446 g/mol. The zero-order valence-corrected chi connectivity index (χ0v) is 18.2. The Morgan fingerprint density at radius 2 is 2.03 bits per heavy atom. The molecule has 3 aromatic rings. The summed E-state index contributed by atoms with van der Waals surface area (Å²) in [6.07, 6.45) is 1.58. The molecule has 0 spiro atoms. The summed E-state index contributed by atoms with van der Waals surface area (Å²) in [7, 11) is 1.35. The number of carbonyl (C=O) groups is 2. The number of aromatic nitrogens is 2. The number of aryl methyl sites for hydroxylation is 1. The standard InChI is InChI=1S/C19H18N4O3S3/c1-9(27-19-23-22-18(20)29-19)15(24)21-16-13(17(25)26-2)12-8-7-10-5-3-4-6-11(10)14(12)28-16/h3-6,9H,7-8H2,1-2H3,(H2,20,22)(H,21,24). The second-order valence-corrected chi connectivity index (χ2v) is 10.0. The summed E-state index contributed by atoms with van der Waals surface area (Å²) in [6.45, 7) is 1.78. The fourth-order valence-electron chi connectivity index (χ4n) is 3.23. The second kappa shape index (κ2) is 8.13. The minimum absolute atomic E-state index is 0.221. The number of nitrogens with one attached hydrogen (secondary N) is 1. The number of anilines is 2. The third kappa shape index (κ3) is 3.87. The molecule has 4 rings (SSSR count). The number of hydrogen-bond acceptors (Lipinski definition) is 9. The van der Waals surface area contributed by atoms with Crippen LogP contribution in [0.1, 0.15) is 28.4 Å². The maximum atomic E-state index is 12.8. The average molecular weight is 447 g/mol. The Morgan fingerprint density at radius 1 is 1.24 bits per heavy atom. The lowest BCUT2D eigenvalue weighted by atomic mass is 9.89. The lowest BCUT2D eigenvalue weighted by molar-refractivity contribution is -0.115. The quantitative estimate of drug-likeness (QED) is 0.453. The van der Waals surface area contributed by atoms with Gasteiger partial charge >= 0.3 is 5.97 Å². The first-order chi connectivity index (χ1) is 14.0. The number of methoxy groups -OCH3 is 1. The van der Waals surface area contributed by atoms with Crippen molar-refractivity contribution in [2.45, 2.75) is 29.4 Å². The van der Waals surface area contributed by atoms with Gasteiger partial charge in [0.1, 0.15) is 5.00 Å². The molecule has 1 unspecified atom stereocenters. The summed E-state index contributed by atoms with van der Waals surface area (Å²) < 4.78 is 5.63. The molecule has 1 aromatic carbocycles. The molecular formula is C19H18N4O3S3. The van der Waals surface area contributed by atoms with Crippen LogP contribution in [0.2, 0.25) is 0 Å².